The van der Waals surface area contributed by atoms with Gasteiger partial charge in [0.25, 0.3) is 0 Å². The number of carboxylic acid groups (broad SMARTS) is 1. The van der Waals surface area contributed by atoms with Gasteiger partial charge in [-0.25, -0.2) is 4.79 Å². The number of nitrogens with one attached hydrogen (secondary N) is 1. The molecule has 1 aliphatic rings. The lowest BCUT2D eigenvalue weighted by Gasteiger charge is -2.11. The number of carbonyl (C=O) groups excluding carboxylic acids is 1. The second kappa shape index (κ2) is 5.23. The molecule has 0 atom stereocenters. The van der Waals surface area contributed by atoms with Crippen molar-refractivity contribution in [3.8, 4) is 0 Å². The van der Waals surface area contributed by atoms with Crippen LogP contribution >= 0.6 is 23.2 Å². The minimum atomic E-state index is -1.13. The molecule has 2 N–H and O–H groups in total. The normalized spacial score (nSPS) is 15.0. The molecule has 0 spiro atoms. The Bertz CT molecular complexity index is 608. The van der Waals surface area contributed by atoms with Crippen LogP contribution in [0.1, 0.15) is 30.1 Å². The van der Waals surface area contributed by atoms with Crippen LogP contribution in [0.25, 0.3) is 0 Å². The monoisotopic (exact) mass is 299 g/mol. The molecule has 0 aliphatic heterocycles. The number of hydrogen-bond acceptors (Lipinski definition) is 3. The van der Waals surface area contributed by atoms with E-state index in [0.717, 1.165) is 5.70 Å². The van der Waals surface area contributed by atoms with Crippen LogP contribution in [0.15, 0.2) is 23.4 Å². The molecule has 0 bridgehead atoms. The Hall–Kier alpha value is -1.52. The summed E-state index contributed by atoms with van der Waals surface area (Å²) in [5, 5.41) is 12.3. The van der Waals surface area contributed by atoms with Crippen LogP contribution in [-0.2, 0) is 4.79 Å². The molecule has 0 radical (unpaired) electrons. The lowest BCUT2D eigenvalue weighted by atomic mass is 10.2. The molecule has 6 heteroatoms. The number of aromatic carboxylic acids is 1. The topological polar surface area (TPSA) is 66.4 Å². The first-order chi connectivity index (χ1) is 8.90. The summed E-state index contributed by atoms with van der Waals surface area (Å²) in [4.78, 5) is 22.3. The predicted octanol–water partition coefficient (Wildman–Crippen LogP) is 3.74. The summed E-state index contributed by atoms with van der Waals surface area (Å²) in [5.41, 5.74) is 1.92. The highest BCUT2D eigenvalue weighted by molar-refractivity contribution is 6.37. The summed E-state index contributed by atoms with van der Waals surface area (Å²) < 4.78 is 0. The van der Waals surface area contributed by atoms with Gasteiger partial charge in [0.15, 0.2) is 5.78 Å². The molecule has 0 amide bonds. The number of ketones is 1. The average molecular weight is 300 g/mol. The van der Waals surface area contributed by atoms with Crippen LogP contribution in [0.5, 0.6) is 0 Å². The predicted molar refractivity (Wildman–Crippen MR) is 74.0 cm³/mol. The van der Waals surface area contributed by atoms with Crippen molar-refractivity contribution in [3.63, 3.8) is 0 Å². The van der Waals surface area contributed by atoms with E-state index >= 15 is 0 Å². The van der Waals surface area contributed by atoms with Crippen molar-refractivity contribution in [1.82, 2.24) is 0 Å². The van der Waals surface area contributed by atoms with E-state index in [1.807, 2.05) is 0 Å². The molecule has 0 aromatic heterocycles. The largest absolute Gasteiger partial charge is 0.478 e. The number of anilines is 1. The van der Waals surface area contributed by atoms with E-state index in [-0.39, 0.29) is 21.4 Å². The summed E-state index contributed by atoms with van der Waals surface area (Å²) in [6.07, 6.45) is 1.10. The van der Waals surface area contributed by atoms with Gasteiger partial charge in [0.2, 0.25) is 0 Å². The zero-order valence-corrected chi connectivity index (χ0v) is 11.6. The van der Waals surface area contributed by atoms with E-state index < -0.39 is 5.97 Å². The van der Waals surface area contributed by atoms with Gasteiger partial charge in [-0.2, -0.15) is 0 Å². The van der Waals surface area contributed by atoms with E-state index in [1.54, 1.807) is 6.92 Å². The highest BCUT2D eigenvalue weighted by Gasteiger charge is 2.20. The maximum Gasteiger partial charge on any atom is 0.337 e. The van der Waals surface area contributed by atoms with Gasteiger partial charge < -0.3 is 10.4 Å². The zero-order valence-electron chi connectivity index (χ0n) is 10.1. The van der Waals surface area contributed by atoms with Gasteiger partial charge in [-0.05, 0) is 25.5 Å². The lowest BCUT2D eigenvalue weighted by Crippen LogP contribution is -2.03. The van der Waals surface area contributed by atoms with Gasteiger partial charge in [-0.1, -0.05) is 23.2 Å². The first-order valence-electron chi connectivity index (χ1n) is 5.62. The van der Waals surface area contributed by atoms with Crippen molar-refractivity contribution in [3.05, 3.63) is 39.0 Å². The number of carbonyl (C=O) groups is 2. The van der Waals surface area contributed by atoms with Crippen LogP contribution in [-0.4, -0.2) is 16.9 Å². The number of Topliss-reactive ketones (excluding diaryl/α,β-unsaturated/α-hetero) is 1. The molecule has 0 unspecified atom stereocenters. The molecule has 1 aromatic carbocycles. The maximum atomic E-state index is 11.4. The van der Waals surface area contributed by atoms with Crippen molar-refractivity contribution in [2.45, 2.75) is 19.8 Å². The second-order valence-corrected chi connectivity index (χ2v) is 5.08. The molecular formula is C13H11Cl2NO3. The summed E-state index contributed by atoms with van der Waals surface area (Å²) >= 11 is 11.9. The molecule has 4 nitrogen and oxygen atoms in total. The van der Waals surface area contributed by atoms with Crippen molar-refractivity contribution >= 4 is 40.6 Å². The minimum absolute atomic E-state index is 0.0505. The number of carboxylic acids is 1. The summed E-state index contributed by atoms with van der Waals surface area (Å²) in [6.45, 7) is 1.75. The summed E-state index contributed by atoms with van der Waals surface area (Å²) in [6, 6.07) is 2.75. The molecule has 2 rings (SSSR count). The molecule has 19 heavy (non-hydrogen) atoms. The third kappa shape index (κ3) is 2.74. The third-order valence-electron chi connectivity index (χ3n) is 3.05. The van der Waals surface area contributed by atoms with Gasteiger partial charge in [-0.3, -0.25) is 4.79 Å². The van der Waals surface area contributed by atoms with Gasteiger partial charge >= 0.3 is 5.97 Å². The highest BCUT2D eigenvalue weighted by Crippen LogP contribution is 2.32. The van der Waals surface area contributed by atoms with Crippen LogP contribution in [0.4, 0.5) is 5.69 Å². The standard InChI is InChI=1S/C13H11Cl2NO3/c1-6-10(2-3-12(6)17)16-11-5-8(14)7(13(18)19)4-9(11)15/h4-5,16H,2-3H2,1H3,(H,18,19). The van der Waals surface area contributed by atoms with Crippen molar-refractivity contribution in [2.75, 3.05) is 5.32 Å². The van der Waals surface area contributed by atoms with Gasteiger partial charge in [-0.15, -0.1) is 0 Å². The SMILES string of the molecule is CC1=C(Nc2cc(Cl)c(C(=O)O)cc2Cl)CCC1=O. The third-order valence-corrected chi connectivity index (χ3v) is 3.67. The van der Waals surface area contributed by atoms with Crippen molar-refractivity contribution in [1.29, 1.82) is 0 Å². The van der Waals surface area contributed by atoms with Gasteiger partial charge in [0.1, 0.15) is 0 Å². The fourth-order valence-corrected chi connectivity index (χ4v) is 2.36. The van der Waals surface area contributed by atoms with Gasteiger partial charge in [0.05, 0.1) is 21.3 Å². The number of halogens is 2. The maximum absolute atomic E-state index is 11.4. The quantitative estimate of drug-likeness (QED) is 0.892. The summed E-state index contributed by atoms with van der Waals surface area (Å²) in [7, 11) is 0. The highest BCUT2D eigenvalue weighted by atomic mass is 35.5. The fourth-order valence-electron chi connectivity index (χ4n) is 1.91. The Morgan fingerprint density at radius 1 is 1.26 bits per heavy atom. The Morgan fingerprint density at radius 3 is 2.47 bits per heavy atom. The van der Waals surface area contributed by atoms with E-state index in [2.05, 4.69) is 5.32 Å². The first kappa shape index (κ1) is 13.9. The van der Waals surface area contributed by atoms with Gasteiger partial charge in [0, 0.05) is 17.7 Å². The van der Waals surface area contributed by atoms with Crippen molar-refractivity contribution in [2.24, 2.45) is 0 Å². The van der Waals surface area contributed by atoms with Crippen LogP contribution < -0.4 is 5.32 Å². The minimum Gasteiger partial charge on any atom is -0.478 e. The van der Waals surface area contributed by atoms with Crippen LogP contribution in [0.2, 0.25) is 10.0 Å². The smallest absolute Gasteiger partial charge is 0.337 e. The molecule has 0 saturated carbocycles. The fraction of sp³-hybridized carbons (Fsp3) is 0.231. The van der Waals surface area contributed by atoms with Crippen molar-refractivity contribution < 1.29 is 14.7 Å². The van der Waals surface area contributed by atoms with E-state index in [9.17, 15) is 9.59 Å². The molecule has 0 heterocycles. The Labute approximate surface area is 120 Å². The van der Waals surface area contributed by atoms with E-state index in [0.29, 0.717) is 24.1 Å². The number of benzene rings is 1. The molecule has 1 aliphatic carbocycles. The molecule has 0 saturated heterocycles. The van der Waals surface area contributed by atoms with E-state index in [1.165, 1.54) is 12.1 Å². The van der Waals surface area contributed by atoms with E-state index in [4.69, 9.17) is 28.3 Å². The molecule has 0 fully saturated rings. The second-order valence-electron chi connectivity index (χ2n) is 4.27. The number of allylic oxidation sites excluding steroid dienone is 2. The van der Waals surface area contributed by atoms with Crippen LogP contribution in [0.3, 0.4) is 0 Å². The Morgan fingerprint density at radius 2 is 1.95 bits per heavy atom. The number of hydrogen-bond donors (Lipinski definition) is 2. The molecule has 1 aromatic rings. The number of rotatable bonds is 3. The first-order valence-corrected chi connectivity index (χ1v) is 6.38. The summed E-state index contributed by atoms with van der Waals surface area (Å²) in [5.74, 6) is -1.03. The zero-order chi connectivity index (χ0) is 14.2. The Kier molecular flexibility index (Phi) is 3.83. The average Bonchev–Trinajstić information content (AvgIpc) is 2.65. The van der Waals surface area contributed by atoms with Crippen LogP contribution in [0, 0.1) is 0 Å². The Balaban J connectivity index is 2.35. The molecule has 100 valence electrons. The molecular weight excluding hydrogens is 289 g/mol. The lowest BCUT2D eigenvalue weighted by molar-refractivity contribution is -0.114.